The van der Waals surface area contributed by atoms with E-state index in [0.717, 1.165) is 52.4 Å². The number of anilines is 2. The quantitative estimate of drug-likeness (QED) is 0.503. The molecule has 5 rings (SSSR count). The number of esters is 1. The summed E-state index contributed by atoms with van der Waals surface area (Å²) in [7, 11) is 1.39. The first-order chi connectivity index (χ1) is 16.1. The number of carbonyl (C=O) groups excluding carboxylic acids is 1. The van der Waals surface area contributed by atoms with Crippen LogP contribution in [0.1, 0.15) is 61.3 Å². The molecule has 1 aromatic carbocycles. The second-order valence-corrected chi connectivity index (χ2v) is 10.3. The summed E-state index contributed by atoms with van der Waals surface area (Å²) in [6.07, 6.45) is 10.1. The maximum atomic E-state index is 12.7. The first-order valence-corrected chi connectivity index (χ1v) is 12.8. The first kappa shape index (κ1) is 22.2. The van der Waals surface area contributed by atoms with Crippen LogP contribution in [0.15, 0.2) is 24.5 Å². The molecule has 33 heavy (non-hydrogen) atoms. The van der Waals surface area contributed by atoms with E-state index in [-0.39, 0.29) is 6.61 Å². The van der Waals surface area contributed by atoms with Gasteiger partial charge in [-0.1, -0.05) is 25.3 Å². The number of nitrogens with zero attached hydrogens (tertiary/aromatic N) is 3. The highest BCUT2D eigenvalue weighted by Crippen LogP contribution is 2.46. The zero-order valence-corrected chi connectivity index (χ0v) is 19.9. The second kappa shape index (κ2) is 9.35. The molecule has 176 valence electrons. The van der Waals surface area contributed by atoms with Gasteiger partial charge in [-0.3, -0.25) is 0 Å². The first-order valence-electron chi connectivity index (χ1n) is 11.9. The maximum absolute atomic E-state index is 12.7. The summed E-state index contributed by atoms with van der Waals surface area (Å²) in [5.74, 6) is 0.0191. The van der Waals surface area contributed by atoms with Crippen LogP contribution in [0.3, 0.4) is 0 Å². The van der Waals surface area contributed by atoms with Crippen molar-refractivity contribution in [2.75, 3.05) is 37.4 Å². The van der Waals surface area contributed by atoms with Crippen LogP contribution in [-0.2, 0) is 4.74 Å². The van der Waals surface area contributed by atoms with Gasteiger partial charge in [0, 0.05) is 25.7 Å². The van der Waals surface area contributed by atoms with Gasteiger partial charge in [0.05, 0.1) is 35.0 Å². The van der Waals surface area contributed by atoms with Crippen molar-refractivity contribution in [2.24, 2.45) is 5.92 Å². The number of fused-ring (bicyclic) bond motifs is 1. The van der Waals surface area contributed by atoms with Gasteiger partial charge in [0.25, 0.3) is 0 Å². The zero-order chi connectivity index (χ0) is 22.9. The van der Waals surface area contributed by atoms with Gasteiger partial charge >= 0.3 is 5.97 Å². The minimum atomic E-state index is -0.404. The number of nitrogens with two attached hydrogens (primary N) is 1. The van der Waals surface area contributed by atoms with Crippen molar-refractivity contribution < 1.29 is 14.6 Å². The van der Waals surface area contributed by atoms with Gasteiger partial charge in [0.1, 0.15) is 10.6 Å². The SMILES string of the molecule is COC(=O)c1c(N2CCC(CCO)C2)sc(-c2ccc3c(c2)ncn3C2CCCCC2)c1N. The van der Waals surface area contributed by atoms with Crippen LogP contribution in [0.25, 0.3) is 21.5 Å². The van der Waals surface area contributed by atoms with Gasteiger partial charge in [-0.05, 0) is 49.3 Å². The second-order valence-electron chi connectivity index (χ2n) is 9.28. The Morgan fingerprint density at radius 3 is 2.85 bits per heavy atom. The predicted molar refractivity (Wildman–Crippen MR) is 133 cm³/mol. The fourth-order valence-electron chi connectivity index (χ4n) is 5.43. The van der Waals surface area contributed by atoms with Gasteiger partial charge in [-0.25, -0.2) is 9.78 Å². The molecular weight excluding hydrogens is 436 g/mol. The number of ether oxygens (including phenoxy) is 1. The van der Waals surface area contributed by atoms with Gasteiger partial charge < -0.3 is 25.0 Å². The molecule has 3 N–H and O–H groups in total. The van der Waals surface area contributed by atoms with E-state index in [4.69, 9.17) is 15.5 Å². The third-order valence-electron chi connectivity index (χ3n) is 7.23. The van der Waals surface area contributed by atoms with Crippen molar-refractivity contribution in [3.8, 4) is 10.4 Å². The molecule has 1 saturated heterocycles. The van der Waals surface area contributed by atoms with Crippen molar-refractivity contribution in [3.63, 3.8) is 0 Å². The minimum Gasteiger partial charge on any atom is -0.465 e. The molecule has 2 aliphatic rings. The van der Waals surface area contributed by atoms with E-state index in [9.17, 15) is 9.90 Å². The average Bonchev–Trinajstić information content (AvgIpc) is 3.56. The van der Waals surface area contributed by atoms with Gasteiger partial charge in [0.15, 0.2) is 0 Å². The molecule has 0 amide bonds. The maximum Gasteiger partial charge on any atom is 0.343 e. The van der Waals surface area contributed by atoms with E-state index in [1.165, 1.54) is 39.2 Å². The Morgan fingerprint density at radius 2 is 2.09 bits per heavy atom. The average molecular weight is 469 g/mol. The molecule has 1 saturated carbocycles. The van der Waals surface area contributed by atoms with E-state index < -0.39 is 5.97 Å². The van der Waals surface area contributed by atoms with E-state index in [1.807, 2.05) is 6.33 Å². The molecule has 2 aromatic heterocycles. The summed E-state index contributed by atoms with van der Waals surface area (Å²) in [6, 6.07) is 6.84. The third kappa shape index (κ3) is 4.10. The van der Waals surface area contributed by atoms with Crippen LogP contribution < -0.4 is 10.6 Å². The predicted octanol–water partition coefficient (Wildman–Crippen LogP) is 4.85. The molecule has 1 atom stereocenters. The lowest BCUT2D eigenvalue weighted by atomic mass is 9.95. The number of methoxy groups -OCH3 is 1. The van der Waals surface area contributed by atoms with E-state index in [1.54, 1.807) is 11.3 Å². The fourth-order valence-corrected chi connectivity index (χ4v) is 6.67. The number of benzene rings is 1. The normalized spacial score (nSPS) is 19.5. The molecule has 3 aromatic rings. The van der Waals surface area contributed by atoms with Crippen molar-refractivity contribution >= 4 is 39.0 Å². The van der Waals surface area contributed by atoms with Crippen molar-refractivity contribution in [3.05, 3.63) is 30.1 Å². The van der Waals surface area contributed by atoms with E-state index in [2.05, 4.69) is 27.7 Å². The number of hydrogen-bond acceptors (Lipinski definition) is 7. The van der Waals surface area contributed by atoms with E-state index >= 15 is 0 Å². The lowest BCUT2D eigenvalue weighted by Crippen LogP contribution is -2.21. The Hall–Kier alpha value is -2.58. The van der Waals surface area contributed by atoms with Crippen LogP contribution in [0.4, 0.5) is 10.7 Å². The van der Waals surface area contributed by atoms with Gasteiger partial charge in [0.2, 0.25) is 0 Å². The zero-order valence-electron chi connectivity index (χ0n) is 19.1. The third-order valence-corrected chi connectivity index (χ3v) is 8.55. The Kier molecular flexibility index (Phi) is 6.29. The Morgan fingerprint density at radius 1 is 1.27 bits per heavy atom. The van der Waals surface area contributed by atoms with E-state index in [0.29, 0.717) is 23.2 Å². The summed E-state index contributed by atoms with van der Waals surface area (Å²) in [5, 5.41) is 10.2. The molecular formula is C25H32N4O3S. The molecule has 0 spiro atoms. The number of nitrogen functional groups attached to an aromatic ring is 1. The molecule has 1 aliphatic heterocycles. The lowest BCUT2D eigenvalue weighted by Gasteiger charge is -2.23. The van der Waals surface area contributed by atoms with Crippen LogP contribution >= 0.6 is 11.3 Å². The van der Waals surface area contributed by atoms with Gasteiger partial charge in [-0.2, -0.15) is 0 Å². The highest BCUT2D eigenvalue weighted by molar-refractivity contribution is 7.20. The largest absolute Gasteiger partial charge is 0.465 e. The van der Waals surface area contributed by atoms with Crippen LogP contribution in [-0.4, -0.2) is 47.4 Å². The summed E-state index contributed by atoms with van der Waals surface area (Å²) in [5.41, 5.74) is 10.6. The summed E-state index contributed by atoms with van der Waals surface area (Å²) >= 11 is 1.55. The summed E-state index contributed by atoms with van der Waals surface area (Å²) in [6.45, 7) is 1.85. The number of thiophene rings is 1. The van der Waals surface area contributed by atoms with Crippen molar-refractivity contribution in [1.29, 1.82) is 0 Å². The number of aliphatic hydroxyl groups excluding tert-OH is 1. The number of imidazole rings is 1. The molecule has 7 nitrogen and oxygen atoms in total. The smallest absolute Gasteiger partial charge is 0.343 e. The number of hydrogen-bond donors (Lipinski definition) is 2. The number of carbonyl (C=O) groups is 1. The van der Waals surface area contributed by atoms with Crippen LogP contribution in [0.2, 0.25) is 0 Å². The number of aliphatic hydroxyl groups is 1. The number of aromatic nitrogens is 2. The van der Waals surface area contributed by atoms with Gasteiger partial charge in [-0.15, -0.1) is 11.3 Å². The van der Waals surface area contributed by atoms with Crippen LogP contribution in [0, 0.1) is 5.92 Å². The van der Waals surface area contributed by atoms with Crippen LogP contribution in [0.5, 0.6) is 0 Å². The molecule has 2 fully saturated rings. The molecule has 1 unspecified atom stereocenters. The fraction of sp³-hybridized carbons (Fsp3) is 0.520. The molecule has 8 heteroatoms. The molecule has 1 aliphatic carbocycles. The minimum absolute atomic E-state index is 0.188. The standard InChI is InChI=1S/C25H32N4O3S/c1-32-25(31)21-22(26)23(33-24(21)28-11-9-16(14-28)10-12-30)17-7-8-20-19(13-17)27-15-29(20)18-5-3-2-4-6-18/h7-8,13,15-16,18,30H,2-6,9-12,14,26H2,1H3. The summed E-state index contributed by atoms with van der Waals surface area (Å²) < 4.78 is 7.41. The molecule has 0 bridgehead atoms. The molecule has 3 heterocycles. The highest BCUT2D eigenvalue weighted by Gasteiger charge is 2.31. The number of rotatable bonds is 6. The Balaban J connectivity index is 1.51. The highest BCUT2D eigenvalue weighted by atomic mass is 32.1. The van der Waals surface area contributed by atoms with Crippen molar-refractivity contribution in [1.82, 2.24) is 9.55 Å². The lowest BCUT2D eigenvalue weighted by molar-refractivity contribution is 0.0603. The Bertz CT molecular complexity index is 1150. The Labute approximate surface area is 198 Å². The summed E-state index contributed by atoms with van der Waals surface area (Å²) in [4.78, 5) is 20.5. The van der Waals surface area contributed by atoms with Crippen molar-refractivity contribution in [2.45, 2.75) is 51.0 Å². The monoisotopic (exact) mass is 468 g/mol. The topological polar surface area (TPSA) is 93.6 Å². The molecule has 0 radical (unpaired) electrons.